The number of carbonyl (C=O) groups excluding carboxylic acids is 1. The van der Waals surface area contributed by atoms with Crippen LogP contribution in [-0.4, -0.2) is 11.7 Å². The average Bonchev–Trinajstić information content (AvgIpc) is 1.68. The van der Waals surface area contributed by atoms with Crippen molar-refractivity contribution in [2.24, 2.45) is 0 Å². The van der Waals surface area contributed by atoms with Gasteiger partial charge >= 0.3 is 51.4 Å². The van der Waals surface area contributed by atoms with E-state index in [2.05, 4.69) is 0 Å². The van der Waals surface area contributed by atoms with Gasteiger partial charge in [-0.1, -0.05) is 25.1 Å². The van der Waals surface area contributed by atoms with E-state index in [9.17, 15) is 4.79 Å². The van der Waals surface area contributed by atoms with Crippen molar-refractivity contribution >= 4 is 17.9 Å². The second kappa shape index (κ2) is 8.60. The Kier molecular flexibility index (Phi) is 13.2. The molecule has 0 bridgehead atoms. The molecule has 0 aliphatic rings. The van der Waals surface area contributed by atoms with Gasteiger partial charge in [0.15, 0.2) is 0 Å². The normalized spacial score (nSPS) is 11.8. The molecule has 0 aromatic heterocycles. The van der Waals surface area contributed by atoms with Crippen LogP contribution >= 0.6 is 11.6 Å². The quantitative estimate of drug-likeness (QED) is 0.278. The van der Waals surface area contributed by atoms with Gasteiger partial charge in [0.05, 0.1) is 0 Å². The molecule has 0 aliphatic carbocycles. The van der Waals surface area contributed by atoms with Crippen LogP contribution in [0, 0.1) is 0 Å². The van der Waals surface area contributed by atoms with Crippen LogP contribution in [0.25, 0.3) is 0 Å². The fourth-order valence-electron chi connectivity index (χ4n) is 0.312. The molecule has 3 heteroatoms. The molecule has 1 unspecified atom stereocenters. The van der Waals surface area contributed by atoms with Gasteiger partial charge in [-0.3, -0.25) is 0 Å². The van der Waals surface area contributed by atoms with Gasteiger partial charge in [0, 0.05) is 0 Å². The Morgan fingerprint density at radius 1 is 1.75 bits per heavy atom. The van der Waals surface area contributed by atoms with E-state index in [0.29, 0.717) is 0 Å². The van der Waals surface area contributed by atoms with Gasteiger partial charge in [-0.05, 0) is 0 Å². The Hall–Kier alpha value is 1.60. The van der Waals surface area contributed by atoms with Crippen LogP contribution in [0.3, 0.4) is 0 Å². The first-order chi connectivity index (χ1) is 3.31. The summed E-state index contributed by atoms with van der Waals surface area (Å²) in [5.74, 6) is 0. The maximum Gasteiger partial charge on any atom is 1.00 e. The van der Waals surface area contributed by atoms with E-state index >= 15 is 0 Å². The predicted molar refractivity (Wildman–Crippen MR) is 30.2 cm³/mol. The molecule has 0 aliphatic heterocycles. The second-order valence-corrected chi connectivity index (χ2v) is 1.90. The molecule has 0 saturated heterocycles. The molecule has 0 N–H and O–H groups in total. The minimum atomic E-state index is -0.384. The van der Waals surface area contributed by atoms with Crippen LogP contribution in [0.2, 0.25) is 0 Å². The van der Waals surface area contributed by atoms with E-state index in [4.69, 9.17) is 11.6 Å². The van der Waals surface area contributed by atoms with Crippen molar-refractivity contribution in [2.75, 3.05) is 0 Å². The summed E-state index contributed by atoms with van der Waals surface area (Å²) < 4.78 is 0. The van der Waals surface area contributed by atoms with Crippen molar-refractivity contribution in [1.29, 1.82) is 0 Å². The Morgan fingerprint density at radius 2 is 2.25 bits per heavy atom. The van der Waals surface area contributed by atoms with Gasteiger partial charge in [0.1, 0.15) is 0 Å². The molecule has 0 spiro atoms. The average molecular weight is 159 g/mol. The summed E-state index contributed by atoms with van der Waals surface area (Å²) in [7, 11) is 0. The first kappa shape index (κ1) is 12.3. The van der Waals surface area contributed by atoms with Crippen LogP contribution < -0.4 is 51.4 Å². The van der Waals surface area contributed by atoms with Crippen molar-refractivity contribution < 1.29 is 56.2 Å². The Bertz CT molecular complexity index is 58.4. The first-order valence-corrected chi connectivity index (χ1v) is 2.76. The third-order valence-electron chi connectivity index (χ3n) is 0.670. The van der Waals surface area contributed by atoms with E-state index in [1.165, 1.54) is 0 Å². The standard InChI is InChI=1S/C5H8ClO.K/c1-2-3-5(6)4-7;/h5H,2-3H2,1H3;/q-1;+1. The molecule has 0 rings (SSSR count). The zero-order valence-electron chi connectivity index (χ0n) is 5.28. The minimum Gasteiger partial charge on any atom is -0.540 e. The topological polar surface area (TPSA) is 17.1 Å². The number of hydrogen-bond donors (Lipinski definition) is 0. The molecule has 8 heavy (non-hydrogen) atoms. The van der Waals surface area contributed by atoms with Gasteiger partial charge in [-0.15, -0.1) is 0 Å². The predicted octanol–water partition coefficient (Wildman–Crippen LogP) is -1.49. The van der Waals surface area contributed by atoms with Gasteiger partial charge in [0.2, 0.25) is 0 Å². The van der Waals surface area contributed by atoms with Gasteiger partial charge in [-0.2, -0.15) is 11.6 Å². The first-order valence-electron chi connectivity index (χ1n) is 2.33. The monoisotopic (exact) mass is 158 g/mol. The summed E-state index contributed by atoms with van der Waals surface area (Å²) >= 11 is 5.34. The van der Waals surface area contributed by atoms with E-state index in [0.717, 1.165) is 12.8 Å². The maximum absolute atomic E-state index is 9.64. The van der Waals surface area contributed by atoms with Crippen molar-refractivity contribution in [3.63, 3.8) is 0 Å². The molecule has 0 fully saturated rings. The van der Waals surface area contributed by atoms with Gasteiger partial charge < -0.3 is 4.79 Å². The number of alkyl halides is 1. The fourth-order valence-corrected chi connectivity index (χ4v) is 0.531. The van der Waals surface area contributed by atoms with Gasteiger partial charge in [0.25, 0.3) is 0 Å². The second-order valence-electron chi connectivity index (χ2n) is 1.37. The van der Waals surface area contributed by atoms with E-state index < -0.39 is 0 Å². The minimum absolute atomic E-state index is 0. The maximum atomic E-state index is 9.64. The van der Waals surface area contributed by atoms with Crippen LogP contribution in [-0.2, 0) is 4.79 Å². The molecule has 0 heterocycles. The van der Waals surface area contributed by atoms with Crippen molar-refractivity contribution in [3.05, 3.63) is 0 Å². The van der Waals surface area contributed by atoms with Crippen molar-refractivity contribution in [3.8, 4) is 0 Å². The van der Waals surface area contributed by atoms with Crippen LogP contribution in [0.5, 0.6) is 0 Å². The van der Waals surface area contributed by atoms with E-state index in [1.54, 1.807) is 6.29 Å². The fraction of sp³-hybridized carbons (Fsp3) is 0.800. The van der Waals surface area contributed by atoms with E-state index in [-0.39, 0.29) is 56.8 Å². The van der Waals surface area contributed by atoms with Crippen molar-refractivity contribution in [2.45, 2.75) is 25.1 Å². The Labute approximate surface area is 97.6 Å². The number of hydrogen-bond acceptors (Lipinski definition) is 1. The summed E-state index contributed by atoms with van der Waals surface area (Å²) in [5, 5.41) is -0.384. The molecular formula is C5H8ClKO. The summed E-state index contributed by atoms with van der Waals surface area (Å²) in [6.07, 6.45) is 3.37. The Morgan fingerprint density at radius 3 is 2.38 bits per heavy atom. The molecule has 0 aromatic rings. The third-order valence-corrected chi connectivity index (χ3v) is 0.977. The molecule has 42 valence electrons. The molecule has 0 radical (unpaired) electrons. The smallest absolute Gasteiger partial charge is 0.540 e. The van der Waals surface area contributed by atoms with Crippen LogP contribution in [0.15, 0.2) is 0 Å². The molecule has 1 nitrogen and oxygen atoms in total. The largest absolute Gasteiger partial charge is 1.00 e. The summed E-state index contributed by atoms with van der Waals surface area (Å²) in [6, 6.07) is 0. The van der Waals surface area contributed by atoms with E-state index in [1.807, 2.05) is 6.92 Å². The summed E-state index contributed by atoms with van der Waals surface area (Å²) in [5.41, 5.74) is 0. The zero-order chi connectivity index (χ0) is 5.70. The zero-order valence-corrected chi connectivity index (χ0v) is 9.16. The Balaban J connectivity index is 0. The van der Waals surface area contributed by atoms with Crippen LogP contribution in [0.1, 0.15) is 19.8 Å². The summed E-state index contributed by atoms with van der Waals surface area (Å²) in [6.45, 7) is 1.98. The van der Waals surface area contributed by atoms with Gasteiger partial charge in [-0.25, -0.2) is 6.29 Å². The molecule has 1 atom stereocenters. The molecular weight excluding hydrogens is 151 g/mol. The number of rotatable bonds is 3. The van der Waals surface area contributed by atoms with Crippen LogP contribution in [0.4, 0.5) is 0 Å². The third kappa shape index (κ3) is 7.60. The molecule has 0 amide bonds. The SMILES string of the molecule is CCCC(Cl)[C-]=O.[K+]. The molecule has 0 aromatic carbocycles. The summed E-state index contributed by atoms with van der Waals surface area (Å²) in [4.78, 5) is 9.64. The van der Waals surface area contributed by atoms with Crippen molar-refractivity contribution in [1.82, 2.24) is 0 Å². The molecule has 0 saturated carbocycles. The number of halogens is 1.